The van der Waals surface area contributed by atoms with Crippen molar-refractivity contribution >= 4 is 11.9 Å². The molecule has 2 rings (SSSR count). The molecular weight excluding hydrogens is 347 g/mol. The average Bonchev–Trinajstić information content (AvgIpc) is 2.91. The van der Waals surface area contributed by atoms with Crippen molar-refractivity contribution in [3.63, 3.8) is 0 Å². The number of aryl methyl sites for hydroxylation is 1. The maximum absolute atomic E-state index is 12.1. The number of fused-ring (bicyclic) bond motifs is 1. The normalized spacial score (nSPS) is 17.2. The van der Waals surface area contributed by atoms with Gasteiger partial charge in [-0.25, -0.2) is 4.79 Å². The summed E-state index contributed by atoms with van der Waals surface area (Å²) in [5.74, 6) is -2.84. The van der Waals surface area contributed by atoms with Gasteiger partial charge in [-0.1, -0.05) is 0 Å². The molecule has 0 radical (unpaired) electrons. The van der Waals surface area contributed by atoms with Gasteiger partial charge in [0, 0.05) is 19.3 Å². The molecule has 8 nitrogen and oxygen atoms in total. The topological polar surface area (TPSA) is 105 Å². The van der Waals surface area contributed by atoms with Crippen LogP contribution in [0.4, 0.5) is 13.2 Å². The van der Waals surface area contributed by atoms with Crippen molar-refractivity contribution in [3.05, 3.63) is 18.0 Å². The number of carboxylic acids is 1. The highest BCUT2D eigenvalue weighted by atomic mass is 19.4. The maximum Gasteiger partial charge on any atom is 0.490 e. The minimum atomic E-state index is -5.08. The lowest BCUT2D eigenvalue weighted by molar-refractivity contribution is -0.192. The van der Waals surface area contributed by atoms with Crippen LogP contribution >= 0.6 is 0 Å². The summed E-state index contributed by atoms with van der Waals surface area (Å²) >= 11 is 0. The molecule has 1 unspecified atom stereocenters. The molecule has 0 aromatic carbocycles. The van der Waals surface area contributed by atoms with Gasteiger partial charge in [-0.2, -0.15) is 18.3 Å². The number of carbonyl (C=O) groups excluding carboxylic acids is 1. The molecule has 0 saturated carbocycles. The van der Waals surface area contributed by atoms with Crippen LogP contribution in [-0.4, -0.2) is 68.8 Å². The van der Waals surface area contributed by atoms with E-state index in [0.29, 0.717) is 19.6 Å². The molecular formula is C14H20F3N3O5. The molecule has 1 amide bonds. The summed E-state index contributed by atoms with van der Waals surface area (Å²) < 4.78 is 38.8. The second kappa shape index (κ2) is 9.37. The standard InChI is InChI=1S/C12H19N3O3.C2HF3O2/c1-2-18-9-12(17)14-7-10-3-5-13-15(10)6-4-11(14)8-16;3-2(4,5)1(6)7/h3,5,11,16H,2,4,6-9H2,1H3;(H,6,7). The van der Waals surface area contributed by atoms with E-state index in [1.54, 1.807) is 11.1 Å². The zero-order valence-electron chi connectivity index (χ0n) is 13.6. The van der Waals surface area contributed by atoms with Gasteiger partial charge in [0.2, 0.25) is 5.91 Å². The Hall–Kier alpha value is -2.14. The summed E-state index contributed by atoms with van der Waals surface area (Å²) in [6.45, 7) is 3.63. The number of amides is 1. The third-order valence-corrected chi connectivity index (χ3v) is 3.46. The first-order valence-corrected chi connectivity index (χ1v) is 7.49. The summed E-state index contributed by atoms with van der Waals surface area (Å²) in [6.07, 6.45) is -2.64. The Morgan fingerprint density at radius 1 is 1.44 bits per heavy atom. The van der Waals surface area contributed by atoms with Crippen molar-refractivity contribution in [2.45, 2.75) is 38.7 Å². The van der Waals surface area contributed by atoms with E-state index in [2.05, 4.69) is 5.10 Å². The number of aromatic nitrogens is 2. The first-order chi connectivity index (χ1) is 11.7. The Labute approximate surface area is 141 Å². The number of carboxylic acid groups (broad SMARTS) is 1. The van der Waals surface area contributed by atoms with E-state index in [1.165, 1.54) is 0 Å². The van der Waals surface area contributed by atoms with Crippen molar-refractivity contribution in [1.82, 2.24) is 14.7 Å². The summed E-state index contributed by atoms with van der Waals surface area (Å²) in [4.78, 5) is 22.7. The third kappa shape index (κ3) is 6.35. The van der Waals surface area contributed by atoms with Crippen molar-refractivity contribution in [2.24, 2.45) is 0 Å². The Kier molecular flexibility index (Phi) is 7.84. The molecule has 25 heavy (non-hydrogen) atoms. The molecule has 0 spiro atoms. The van der Waals surface area contributed by atoms with Crippen molar-refractivity contribution in [2.75, 3.05) is 19.8 Å². The highest BCUT2D eigenvalue weighted by Crippen LogP contribution is 2.17. The molecule has 11 heteroatoms. The van der Waals surface area contributed by atoms with E-state index in [0.717, 1.165) is 12.2 Å². The van der Waals surface area contributed by atoms with Gasteiger partial charge >= 0.3 is 12.1 Å². The first-order valence-electron chi connectivity index (χ1n) is 7.49. The highest BCUT2D eigenvalue weighted by molar-refractivity contribution is 5.77. The van der Waals surface area contributed by atoms with Gasteiger partial charge in [-0.15, -0.1) is 0 Å². The molecule has 142 valence electrons. The van der Waals surface area contributed by atoms with E-state index in [9.17, 15) is 23.1 Å². The van der Waals surface area contributed by atoms with E-state index in [1.807, 2.05) is 17.7 Å². The molecule has 0 aliphatic carbocycles. The number of hydrogen-bond acceptors (Lipinski definition) is 5. The minimum absolute atomic E-state index is 0.0251. The van der Waals surface area contributed by atoms with Gasteiger partial charge in [0.05, 0.1) is 24.9 Å². The monoisotopic (exact) mass is 367 g/mol. The van der Waals surface area contributed by atoms with Crippen LogP contribution in [-0.2, 0) is 27.4 Å². The number of aliphatic hydroxyl groups is 1. The summed E-state index contributed by atoms with van der Waals surface area (Å²) in [5, 5.41) is 20.7. The summed E-state index contributed by atoms with van der Waals surface area (Å²) in [5.41, 5.74) is 0.996. The second-order valence-corrected chi connectivity index (χ2v) is 5.13. The lowest BCUT2D eigenvalue weighted by Gasteiger charge is -2.28. The molecule has 0 fully saturated rings. The van der Waals surface area contributed by atoms with Gasteiger partial charge < -0.3 is 19.8 Å². The lowest BCUT2D eigenvalue weighted by Crippen LogP contribution is -2.43. The number of aliphatic carboxylic acids is 1. The van der Waals surface area contributed by atoms with E-state index >= 15 is 0 Å². The fraction of sp³-hybridized carbons (Fsp3) is 0.643. The highest BCUT2D eigenvalue weighted by Gasteiger charge is 2.38. The third-order valence-electron chi connectivity index (χ3n) is 3.46. The maximum atomic E-state index is 12.1. The number of nitrogens with zero attached hydrogens (tertiary/aromatic N) is 3. The predicted octanol–water partition coefficient (Wildman–Crippen LogP) is 0.646. The quantitative estimate of drug-likeness (QED) is 0.810. The summed E-state index contributed by atoms with van der Waals surface area (Å²) in [6, 6.07) is 1.75. The fourth-order valence-corrected chi connectivity index (χ4v) is 2.18. The van der Waals surface area contributed by atoms with Gasteiger partial charge in [0.25, 0.3) is 0 Å². The van der Waals surface area contributed by atoms with Gasteiger partial charge in [-0.3, -0.25) is 9.48 Å². The number of carbonyl (C=O) groups is 2. The van der Waals surface area contributed by atoms with Crippen LogP contribution in [0, 0.1) is 0 Å². The number of rotatable bonds is 4. The largest absolute Gasteiger partial charge is 0.490 e. The van der Waals surface area contributed by atoms with Crippen LogP contribution in [0.5, 0.6) is 0 Å². The van der Waals surface area contributed by atoms with E-state index < -0.39 is 12.1 Å². The summed E-state index contributed by atoms with van der Waals surface area (Å²) in [7, 11) is 0. The second-order valence-electron chi connectivity index (χ2n) is 5.13. The van der Waals surface area contributed by atoms with Gasteiger partial charge in [0.15, 0.2) is 0 Å². The number of ether oxygens (including phenoxy) is 1. The fourth-order valence-electron chi connectivity index (χ4n) is 2.18. The average molecular weight is 367 g/mol. The lowest BCUT2D eigenvalue weighted by atomic mass is 10.2. The van der Waals surface area contributed by atoms with Crippen molar-refractivity contribution in [3.8, 4) is 0 Å². The van der Waals surface area contributed by atoms with E-state index in [-0.39, 0.29) is 25.2 Å². The van der Waals surface area contributed by atoms with E-state index in [4.69, 9.17) is 14.6 Å². The van der Waals surface area contributed by atoms with Crippen LogP contribution in [0.3, 0.4) is 0 Å². The number of hydrogen-bond donors (Lipinski definition) is 2. The minimum Gasteiger partial charge on any atom is -0.475 e. The molecule has 1 atom stereocenters. The molecule has 1 aliphatic rings. The van der Waals surface area contributed by atoms with Crippen LogP contribution < -0.4 is 0 Å². The number of halogens is 3. The Morgan fingerprint density at radius 3 is 2.60 bits per heavy atom. The van der Waals surface area contributed by atoms with Crippen LogP contribution in [0.25, 0.3) is 0 Å². The van der Waals surface area contributed by atoms with Crippen molar-refractivity contribution < 1.29 is 37.7 Å². The molecule has 1 aromatic heterocycles. The molecule has 0 saturated heterocycles. The number of aliphatic hydroxyl groups excluding tert-OH is 1. The number of alkyl halides is 3. The molecule has 0 bridgehead atoms. The zero-order chi connectivity index (χ0) is 19.0. The predicted molar refractivity (Wildman–Crippen MR) is 78.5 cm³/mol. The molecule has 1 aromatic rings. The van der Waals surface area contributed by atoms with Crippen LogP contribution in [0.15, 0.2) is 12.3 Å². The van der Waals surface area contributed by atoms with Gasteiger partial charge in [-0.05, 0) is 19.4 Å². The van der Waals surface area contributed by atoms with Crippen LogP contribution in [0.2, 0.25) is 0 Å². The molecule has 2 N–H and O–H groups in total. The Bertz CT molecular complexity index is 576. The molecule has 2 heterocycles. The first kappa shape index (κ1) is 20.9. The van der Waals surface area contributed by atoms with Gasteiger partial charge in [0.1, 0.15) is 6.61 Å². The SMILES string of the molecule is CCOCC(=O)N1Cc2ccnn2CCC1CO.O=C(O)C(F)(F)F. The van der Waals surface area contributed by atoms with Crippen LogP contribution in [0.1, 0.15) is 19.0 Å². The molecule has 1 aliphatic heterocycles. The smallest absolute Gasteiger partial charge is 0.475 e. The van der Waals surface area contributed by atoms with Crippen molar-refractivity contribution in [1.29, 1.82) is 0 Å². The Morgan fingerprint density at radius 2 is 2.08 bits per heavy atom. The Balaban J connectivity index is 0.000000381. The zero-order valence-corrected chi connectivity index (χ0v) is 13.6.